The molecule has 0 unspecified atom stereocenters. The van der Waals surface area contributed by atoms with Crippen molar-refractivity contribution in [2.45, 2.75) is 76.4 Å². The molecule has 10 rings (SSSR count). The number of anilines is 2. The number of ether oxygens (including phenoxy) is 3. The molecular formula is C50H64Cs2N10O12S. The fraction of sp³-hybridized carbons (Fsp3) is 0.500. The first-order valence-electron chi connectivity index (χ1n) is 24.4. The second kappa shape index (κ2) is 31.9. The summed E-state index contributed by atoms with van der Waals surface area (Å²) in [5, 5.41) is 18.6. The minimum Gasteiger partial charge on any atom is -1.00 e. The van der Waals surface area contributed by atoms with Gasteiger partial charge in [-0.2, -0.15) is 8.42 Å². The summed E-state index contributed by atoms with van der Waals surface area (Å²) in [5.74, 6) is 3.72. The molecule has 0 amide bonds. The van der Waals surface area contributed by atoms with E-state index >= 15 is 0 Å². The van der Waals surface area contributed by atoms with Crippen molar-refractivity contribution in [1.82, 2.24) is 39.0 Å². The Morgan fingerprint density at radius 2 is 1.08 bits per heavy atom. The number of phenolic OH excluding ortho intramolecular Hbond substituents is 1. The quantitative estimate of drug-likeness (QED) is 0.0600. The Hall–Kier alpha value is -2.56. The molecule has 2 saturated heterocycles. The Morgan fingerprint density at radius 3 is 1.52 bits per heavy atom. The van der Waals surface area contributed by atoms with Crippen molar-refractivity contribution in [2.24, 2.45) is 25.9 Å². The van der Waals surface area contributed by atoms with E-state index in [2.05, 4.69) is 50.7 Å². The topological polar surface area (TPSA) is 268 Å². The second-order valence-electron chi connectivity index (χ2n) is 18.3. The van der Waals surface area contributed by atoms with Gasteiger partial charge in [0.25, 0.3) is 27.7 Å². The Balaban J connectivity index is 0.000000246. The molecule has 0 radical (unpaired) electrons. The van der Waals surface area contributed by atoms with Crippen LogP contribution >= 0.6 is 0 Å². The number of nitrogens with zero attached hydrogens (tertiary/aromatic N) is 10. The van der Waals surface area contributed by atoms with Gasteiger partial charge in [-0.25, -0.2) is 29.9 Å². The molecule has 2 aliphatic carbocycles. The van der Waals surface area contributed by atoms with E-state index in [-0.39, 0.29) is 175 Å². The average molecular weight is 1290 g/mol. The summed E-state index contributed by atoms with van der Waals surface area (Å²) in [6.07, 6.45) is 20.3. The van der Waals surface area contributed by atoms with Gasteiger partial charge in [0.15, 0.2) is 0 Å². The predicted molar refractivity (Wildman–Crippen MR) is 269 cm³/mol. The number of aromatic nitrogens is 8. The van der Waals surface area contributed by atoms with Gasteiger partial charge in [-0.05, 0) is 87.5 Å². The standard InChI is InChI=1S/C24H29N5O3.C13H15N3O3.C12H18N2O3S.CH2O3.2Cs.H/c1-28-23(30)16-27-20-14-18(29-9-11-31-12-10-29)15-21(24(20)28)32-19-5-3-17(4-6-19)13-22-25-7-2-8-26-22;1-15-12(18)8-14-10-6-9(7-11(17)13(10)15)16-2-4-19-5-3-16;1-18(15,16)17-11-5-3-10(4-6-11)9-12-13-7-2-8-14-12;2-1-4-3;;;/h2,7-8,14-17,19H,3-6,9-13H2,1H3;6-8,17H,2-5H2,1H3;2,7-8,10-11H,3-6,9H2,1H3;1,3H;;;/q;;;;2*+1;-1/p-1. The monoisotopic (exact) mass is 1290 g/mol. The van der Waals surface area contributed by atoms with E-state index in [1.165, 1.54) is 17.0 Å². The van der Waals surface area contributed by atoms with Crippen LogP contribution in [-0.2, 0) is 60.4 Å². The number of benzene rings is 2. The number of morpholine rings is 2. The number of carbonyl (C=O) groups excluding carboxylic acids is 1. The Bertz CT molecular complexity index is 2960. The molecule has 0 spiro atoms. The molecule has 4 aromatic heterocycles. The van der Waals surface area contributed by atoms with Crippen LogP contribution in [0, 0.1) is 11.8 Å². The van der Waals surface area contributed by atoms with Gasteiger partial charge >= 0.3 is 138 Å². The minimum atomic E-state index is -3.32. The van der Waals surface area contributed by atoms with Crippen molar-refractivity contribution >= 4 is 50.0 Å². The summed E-state index contributed by atoms with van der Waals surface area (Å²) in [6.45, 7) is 5.85. The second-order valence-corrected chi connectivity index (χ2v) is 19.9. The van der Waals surface area contributed by atoms with Gasteiger partial charge in [0.1, 0.15) is 34.2 Å². The van der Waals surface area contributed by atoms with Crippen LogP contribution in [0.1, 0.15) is 64.4 Å². The van der Waals surface area contributed by atoms with E-state index in [0.29, 0.717) is 49.3 Å². The molecule has 6 aromatic rings. The summed E-state index contributed by atoms with van der Waals surface area (Å²) >= 11 is 0. The summed E-state index contributed by atoms with van der Waals surface area (Å²) in [6, 6.07) is 11.3. The number of aryl methyl sites for hydroxylation is 2. The molecule has 6 heterocycles. The maximum absolute atomic E-state index is 12.3. The zero-order valence-electron chi connectivity index (χ0n) is 44.4. The minimum absolute atomic E-state index is 0. The third kappa shape index (κ3) is 19.3. The molecule has 1 N–H and O–H groups in total. The Labute approximate surface area is 555 Å². The van der Waals surface area contributed by atoms with E-state index in [1.807, 2.05) is 30.6 Å². The molecule has 394 valence electrons. The molecule has 2 saturated carbocycles. The SMILES string of the molecule is CS(=O)(=O)OC1CCC(Cc2ncccn2)CC1.Cn1c(=O)cnc2cc(N3CCOCC3)cc(O)c21.Cn1c(=O)cnc2cc(N3CCOCC3)cc(OC3CCC(Cc4ncccn4)CC3)c21.O=CO[O-].[Cs+].[Cs+].[H-]. The first-order chi connectivity index (χ1) is 35.3. The van der Waals surface area contributed by atoms with E-state index < -0.39 is 10.1 Å². The molecule has 0 atom stereocenters. The molecule has 75 heavy (non-hydrogen) atoms. The molecule has 0 bridgehead atoms. The maximum Gasteiger partial charge on any atom is 1.00 e. The summed E-state index contributed by atoms with van der Waals surface area (Å²) in [5.41, 5.74) is 4.22. The van der Waals surface area contributed by atoms with Gasteiger partial charge < -0.3 is 49.8 Å². The fourth-order valence-electron chi connectivity index (χ4n) is 9.49. The first-order valence-corrected chi connectivity index (χ1v) is 26.2. The van der Waals surface area contributed by atoms with E-state index in [1.54, 1.807) is 43.2 Å². The summed E-state index contributed by atoms with van der Waals surface area (Å²) in [7, 11) is 0.0828. The predicted octanol–water partition coefficient (Wildman–Crippen LogP) is -2.67. The Kier molecular flexibility index (Phi) is 26.9. The van der Waals surface area contributed by atoms with Crippen LogP contribution in [-0.4, -0.2) is 130 Å². The van der Waals surface area contributed by atoms with Gasteiger partial charge in [0.05, 0.1) is 68.3 Å². The molecule has 22 nitrogen and oxygen atoms in total. The number of carbonyl (C=O) groups is 1. The average Bonchev–Trinajstić information content (AvgIpc) is 3.40. The van der Waals surface area contributed by atoms with E-state index in [4.69, 9.17) is 28.4 Å². The molecule has 2 aliphatic heterocycles. The molecular weight excluding hydrogens is 1230 g/mol. The van der Waals surface area contributed by atoms with Crippen molar-refractivity contribution in [3.63, 3.8) is 0 Å². The van der Waals surface area contributed by atoms with Crippen molar-refractivity contribution in [2.75, 3.05) is 68.7 Å². The van der Waals surface area contributed by atoms with Crippen LogP contribution in [0.25, 0.3) is 22.1 Å². The van der Waals surface area contributed by atoms with Crippen LogP contribution in [0.15, 0.2) is 83.2 Å². The van der Waals surface area contributed by atoms with Crippen molar-refractivity contribution in [1.29, 1.82) is 0 Å². The van der Waals surface area contributed by atoms with Gasteiger partial charge in [0, 0.05) is 101 Å². The van der Waals surface area contributed by atoms with E-state index in [9.17, 15) is 23.1 Å². The number of hydrogen-bond acceptors (Lipinski definition) is 20. The van der Waals surface area contributed by atoms with Crippen LogP contribution in [0.2, 0.25) is 0 Å². The zero-order chi connectivity index (χ0) is 51.7. The van der Waals surface area contributed by atoms with Gasteiger partial charge in [0.2, 0.25) is 0 Å². The van der Waals surface area contributed by atoms with Crippen LogP contribution < -0.4 is 169 Å². The van der Waals surface area contributed by atoms with E-state index in [0.717, 1.165) is 136 Å². The number of rotatable bonds is 11. The number of phenols is 1. The third-order valence-corrected chi connectivity index (χ3v) is 13.8. The summed E-state index contributed by atoms with van der Waals surface area (Å²) < 4.78 is 47.5. The number of fused-ring (bicyclic) bond motifs is 2. The van der Waals surface area contributed by atoms with Crippen molar-refractivity contribution in [3.8, 4) is 11.5 Å². The van der Waals surface area contributed by atoms with Gasteiger partial charge in [-0.3, -0.25) is 18.6 Å². The maximum atomic E-state index is 12.3. The zero-order valence-corrected chi connectivity index (χ0v) is 56.7. The van der Waals surface area contributed by atoms with Crippen LogP contribution in [0.4, 0.5) is 11.4 Å². The third-order valence-electron chi connectivity index (χ3n) is 13.2. The first kappa shape index (κ1) is 63.3. The van der Waals surface area contributed by atoms with Crippen LogP contribution in [0.5, 0.6) is 11.5 Å². The van der Waals surface area contributed by atoms with Crippen molar-refractivity contribution in [3.05, 3.63) is 106 Å². The largest absolute Gasteiger partial charge is 1.00 e. The van der Waals surface area contributed by atoms with Crippen molar-refractivity contribution < 1.29 is 186 Å². The van der Waals surface area contributed by atoms with Gasteiger partial charge in [-0.15, -0.1) is 0 Å². The number of aromatic hydroxyl groups is 1. The molecule has 25 heteroatoms. The number of hydrogen-bond donors (Lipinski definition) is 1. The van der Waals surface area contributed by atoms with Gasteiger partial charge in [-0.1, -0.05) is 0 Å². The molecule has 4 fully saturated rings. The van der Waals surface area contributed by atoms with Crippen LogP contribution in [0.3, 0.4) is 0 Å². The Morgan fingerprint density at radius 1 is 0.667 bits per heavy atom. The molecule has 2 aromatic carbocycles. The summed E-state index contributed by atoms with van der Waals surface area (Å²) in [4.78, 5) is 65.2. The molecule has 4 aliphatic rings. The normalized spacial score (nSPS) is 19.5. The smallest absolute Gasteiger partial charge is 1.00 e. The fourth-order valence-corrected chi connectivity index (χ4v) is 10.2.